The number of carbonyl (C=O) groups excluding carboxylic acids is 1. The Balaban J connectivity index is 1.54. The van der Waals surface area contributed by atoms with Crippen molar-refractivity contribution in [3.05, 3.63) is 64.1 Å². The zero-order chi connectivity index (χ0) is 17.9. The van der Waals surface area contributed by atoms with Crippen LogP contribution in [0.5, 0.6) is 0 Å². The number of esters is 1. The summed E-state index contributed by atoms with van der Waals surface area (Å²) in [7, 11) is -3.52. The van der Waals surface area contributed by atoms with Crippen molar-refractivity contribution >= 4 is 37.8 Å². The number of ether oxygens (including phenoxy) is 1. The molecule has 0 saturated heterocycles. The van der Waals surface area contributed by atoms with Crippen molar-refractivity contribution < 1.29 is 17.9 Å². The maximum atomic E-state index is 12.0. The fourth-order valence-corrected chi connectivity index (χ4v) is 4.02. The third-order valence-corrected chi connectivity index (χ3v) is 5.42. The normalized spacial score (nSPS) is 16.3. The zero-order valence-corrected chi connectivity index (χ0v) is 15.5. The lowest BCUT2D eigenvalue weighted by molar-refractivity contribution is 0.0503. The Morgan fingerprint density at radius 2 is 1.96 bits per heavy atom. The van der Waals surface area contributed by atoms with Crippen LogP contribution >= 0.6 is 15.9 Å². The van der Waals surface area contributed by atoms with E-state index in [9.17, 15) is 13.2 Å². The number of fused-ring (bicyclic) bond motifs is 1. The van der Waals surface area contributed by atoms with E-state index in [1.54, 1.807) is 42.5 Å². The Hall–Kier alpha value is -2.19. The van der Waals surface area contributed by atoms with Gasteiger partial charge in [0.2, 0.25) is 0 Å². The van der Waals surface area contributed by atoms with Crippen LogP contribution in [-0.4, -0.2) is 33.4 Å². The van der Waals surface area contributed by atoms with Crippen molar-refractivity contribution in [1.29, 1.82) is 0 Å². The predicted molar refractivity (Wildman–Crippen MR) is 97.2 cm³/mol. The first-order valence-electron chi connectivity index (χ1n) is 7.57. The van der Waals surface area contributed by atoms with Crippen LogP contribution in [0.3, 0.4) is 0 Å². The molecule has 0 aromatic heterocycles. The molecule has 1 aliphatic rings. The third-order valence-electron chi connectivity index (χ3n) is 3.53. The van der Waals surface area contributed by atoms with E-state index in [2.05, 4.69) is 25.6 Å². The standard InChI is InChI=1S/C17H15BrN2O4S/c18-13-6-3-5-12(11-13)17(21)24-10-4-9-19-16-14-7-1-2-8-15(14)25(22,23)20-16/h1-3,5-8,11H,4,9-10H2,(H,19,20). The highest BCUT2D eigenvalue weighted by Crippen LogP contribution is 2.22. The molecule has 6 nitrogen and oxygen atoms in total. The third kappa shape index (κ3) is 4.08. The summed E-state index contributed by atoms with van der Waals surface area (Å²) >= 11 is 3.30. The molecule has 0 saturated carbocycles. The maximum absolute atomic E-state index is 12.0. The van der Waals surface area contributed by atoms with Gasteiger partial charge in [-0.3, -0.25) is 9.71 Å². The molecule has 1 heterocycles. The molecule has 0 bridgehead atoms. The van der Waals surface area contributed by atoms with Crippen molar-refractivity contribution in [2.24, 2.45) is 4.99 Å². The minimum Gasteiger partial charge on any atom is -0.462 e. The number of sulfonamides is 1. The molecular formula is C17H15BrN2O4S. The summed E-state index contributed by atoms with van der Waals surface area (Å²) < 4.78 is 32.4. The number of aliphatic imine (C=N–C) groups is 1. The fraction of sp³-hybridized carbons (Fsp3) is 0.176. The van der Waals surface area contributed by atoms with Crippen LogP contribution in [0.1, 0.15) is 22.3 Å². The number of carbonyl (C=O) groups is 1. The zero-order valence-electron chi connectivity index (χ0n) is 13.1. The largest absolute Gasteiger partial charge is 0.462 e. The molecule has 0 amide bonds. The van der Waals surface area contributed by atoms with Crippen LogP contribution in [0.2, 0.25) is 0 Å². The average molecular weight is 423 g/mol. The second-order valence-electron chi connectivity index (χ2n) is 5.33. The predicted octanol–water partition coefficient (Wildman–Crippen LogP) is 2.73. The van der Waals surface area contributed by atoms with Gasteiger partial charge in [-0.05, 0) is 30.3 Å². The van der Waals surface area contributed by atoms with E-state index in [-0.39, 0.29) is 11.5 Å². The first-order valence-corrected chi connectivity index (χ1v) is 9.84. The van der Waals surface area contributed by atoms with Crippen molar-refractivity contribution in [2.45, 2.75) is 11.3 Å². The Labute approximate surface area is 154 Å². The van der Waals surface area contributed by atoms with Crippen molar-refractivity contribution in [3.8, 4) is 0 Å². The first-order chi connectivity index (χ1) is 12.0. The number of hydrogen-bond acceptors (Lipinski definition) is 5. The highest BCUT2D eigenvalue weighted by Gasteiger charge is 2.29. The van der Waals surface area contributed by atoms with Crippen LogP contribution in [-0.2, 0) is 14.8 Å². The van der Waals surface area contributed by atoms with Crippen molar-refractivity contribution in [3.63, 3.8) is 0 Å². The molecule has 0 radical (unpaired) electrons. The Morgan fingerprint density at radius 1 is 1.16 bits per heavy atom. The summed E-state index contributed by atoms with van der Waals surface area (Å²) in [6, 6.07) is 13.6. The van der Waals surface area contributed by atoms with Crippen molar-refractivity contribution in [2.75, 3.05) is 13.2 Å². The van der Waals surface area contributed by atoms with Gasteiger partial charge in [0.25, 0.3) is 10.0 Å². The van der Waals surface area contributed by atoms with E-state index >= 15 is 0 Å². The van der Waals surface area contributed by atoms with Gasteiger partial charge in [-0.15, -0.1) is 0 Å². The summed E-state index contributed by atoms with van der Waals surface area (Å²) in [5.41, 5.74) is 1.03. The number of rotatable bonds is 5. The molecule has 25 heavy (non-hydrogen) atoms. The number of nitrogens with one attached hydrogen (secondary N) is 1. The van der Waals surface area contributed by atoms with Gasteiger partial charge in [-0.1, -0.05) is 34.1 Å². The van der Waals surface area contributed by atoms with E-state index in [4.69, 9.17) is 4.74 Å². The molecule has 1 N–H and O–H groups in total. The molecule has 3 rings (SSSR count). The van der Waals surface area contributed by atoms with Gasteiger partial charge in [-0.2, -0.15) is 0 Å². The number of nitrogens with zero attached hydrogens (tertiary/aromatic N) is 1. The van der Waals surface area contributed by atoms with Crippen LogP contribution in [0.15, 0.2) is 62.9 Å². The minimum atomic E-state index is -3.52. The Morgan fingerprint density at radius 3 is 2.76 bits per heavy atom. The maximum Gasteiger partial charge on any atom is 0.338 e. The lowest BCUT2D eigenvalue weighted by atomic mass is 10.2. The first kappa shape index (κ1) is 17.6. The van der Waals surface area contributed by atoms with E-state index in [1.807, 2.05) is 6.07 Å². The molecule has 0 unspecified atom stereocenters. The highest BCUT2D eigenvalue weighted by atomic mass is 79.9. The number of amidine groups is 1. The SMILES string of the molecule is O=C(OCCCN=C1NS(=O)(=O)c2ccccc21)c1cccc(Br)c1. The Bertz CT molecular complexity index is 941. The molecule has 8 heteroatoms. The minimum absolute atomic E-state index is 0.205. The summed E-state index contributed by atoms with van der Waals surface area (Å²) in [5.74, 6) is -0.0743. The molecule has 0 atom stereocenters. The van der Waals surface area contributed by atoms with Crippen molar-refractivity contribution in [1.82, 2.24) is 4.72 Å². The van der Waals surface area contributed by atoms with Gasteiger partial charge in [0.1, 0.15) is 5.84 Å². The number of hydrogen-bond donors (Lipinski definition) is 1. The topological polar surface area (TPSA) is 84.8 Å². The molecule has 0 aliphatic carbocycles. The molecular weight excluding hydrogens is 408 g/mol. The monoisotopic (exact) mass is 422 g/mol. The van der Waals surface area contributed by atoms with E-state index in [0.29, 0.717) is 29.9 Å². The highest BCUT2D eigenvalue weighted by molar-refractivity contribution is 9.10. The summed E-state index contributed by atoms with van der Waals surface area (Å²) in [5, 5.41) is 0. The average Bonchev–Trinajstić information content (AvgIpc) is 2.85. The molecule has 130 valence electrons. The number of benzene rings is 2. The summed E-state index contributed by atoms with van der Waals surface area (Å²) in [6.45, 7) is 0.550. The lowest BCUT2D eigenvalue weighted by Crippen LogP contribution is -2.22. The molecule has 0 spiro atoms. The van der Waals surface area contributed by atoms with E-state index < -0.39 is 16.0 Å². The number of halogens is 1. The second-order valence-corrected chi connectivity index (χ2v) is 7.90. The van der Waals surface area contributed by atoms with Crippen LogP contribution in [0, 0.1) is 0 Å². The van der Waals surface area contributed by atoms with Gasteiger partial charge in [0.05, 0.1) is 17.1 Å². The Kier molecular flexibility index (Phi) is 5.19. The second kappa shape index (κ2) is 7.37. The van der Waals surface area contributed by atoms with Crippen LogP contribution in [0.4, 0.5) is 0 Å². The summed E-state index contributed by atoms with van der Waals surface area (Å²) in [4.78, 5) is 16.4. The smallest absolute Gasteiger partial charge is 0.338 e. The molecule has 2 aromatic carbocycles. The van der Waals surface area contributed by atoms with Crippen LogP contribution < -0.4 is 4.72 Å². The van der Waals surface area contributed by atoms with E-state index in [1.165, 1.54) is 0 Å². The van der Waals surface area contributed by atoms with Gasteiger partial charge >= 0.3 is 5.97 Å². The quantitative estimate of drug-likeness (QED) is 0.592. The van der Waals surface area contributed by atoms with Gasteiger partial charge in [0, 0.05) is 23.0 Å². The van der Waals surface area contributed by atoms with Gasteiger partial charge < -0.3 is 4.74 Å². The summed E-state index contributed by atoms with van der Waals surface area (Å²) in [6.07, 6.45) is 0.493. The van der Waals surface area contributed by atoms with Crippen LogP contribution in [0.25, 0.3) is 0 Å². The van der Waals surface area contributed by atoms with E-state index in [0.717, 1.165) is 4.47 Å². The lowest BCUT2D eigenvalue weighted by Gasteiger charge is -2.04. The molecule has 1 aliphatic heterocycles. The molecule has 2 aromatic rings. The van der Waals surface area contributed by atoms with Gasteiger partial charge in [0.15, 0.2) is 0 Å². The fourth-order valence-electron chi connectivity index (χ4n) is 2.37. The van der Waals surface area contributed by atoms with Gasteiger partial charge in [-0.25, -0.2) is 13.2 Å². The molecule has 0 fully saturated rings.